The van der Waals surface area contributed by atoms with Crippen molar-refractivity contribution in [1.82, 2.24) is 0 Å². The maximum atomic E-state index is 4.06. The van der Waals surface area contributed by atoms with E-state index in [1.165, 1.54) is 0 Å². The van der Waals surface area contributed by atoms with E-state index in [0.29, 0.717) is 0 Å². The molecule has 0 fully saturated rings. The molecule has 0 aromatic rings. The van der Waals surface area contributed by atoms with Crippen molar-refractivity contribution < 1.29 is 0 Å². The van der Waals surface area contributed by atoms with Gasteiger partial charge in [-0.1, -0.05) is 26.8 Å². The summed E-state index contributed by atoms with van der Waals surface area (Å²) in [4.78, 5) is 4.06. The van der Waals surface area contributed by atoms with E-state index in [2.05, 4.69) is 31.8 Å². The summed E-state index contributed by atoms with van der Waals surface area (Å²) in [5, 5.41) is 0. The van der Waals surface area contributed by atoms with E-state index >= 15 is 0 Å². The Morgan fingerprint density at radius 1 is 1.30 bits per heavy atom. The molecule has 0 saturated carbocycles. The zero-order valence-corrected chi connectivity index (χ0v) is 7.39. The van der Waals surface area contributed by atoms with Crippen molar-refractivity contribution in [2.24, 2.45) is 10.4 Å². The van der Waals surface area contributed by atoms with E-state index in [-0.39, 0.29) is 5.41 Å². The first-order valence-corrected chi connectivity index (χ1v) is 3.74. The standard InChI is InChI=1S/C9H17N/c1-5-10-8-6-7-9(2,3)4/h6-8H,5H2,1-4H3/b7-6-,10-8-. The number of allylic oxidation sites excluding steroid dienone is 2. The molecule has 0 N–H and O–H groups in total. The third kappa shape index (κ3) is 7.41. The van der Waals surface area contributed by atoms with Crippen molar-refractivity contribution in [2.75, 3.05) is 6.54 Å². The third-order valence-electron chi connectivity index (χ3n) is 0.970. The van der Waals surface area contributed by atoms with Crippen LogP contribution in [0.5, 0.6) is 0 Å². The predicted molar refractivity (Wildman–Crippen MR) is 47.6 cm³/mol. The van der Waals surface area contributed by atoms with Crippen molar-refractivity contribution in [3.8, 4) is 0 Å². The summed E-state index contributed by atoms with van der Waals surface area (Å²) in [6.07, 6.45) is 6.00. The van der Waals surface area contributed by atoms with E-state index in [1.807, 2.05) is 19.2 Å². The third-order valence-corrected chi connectivity index (χ3v) is 0.970. The van der Waals surface area contributed by atoms with E-state index < -0.39 is 0 Å². The van der Waals surface area contributed by atoms with Crippen molar-refractivity contribution >= 4 is 6.21 Å². The van der Waals surface area contributed by atoms with Crippen LogP contribution >= 0.6 is 0 Å². The minimum Gasteiger partial charge on any atom is -0.293 e. The number of hydrogen-bond acceptors (Lipinski definition) is 1. The van der Waals surface area contributed by atoms with Crippen molar-refractivity contribution in [3.05, 3.63) is 12.2 Å². The lowest BCUT2D eigenvalue weighted by atomic mass is 9.97. The van der Waals surface area contributed by atoms with E-state index in [4.69, 9.17) is 0 Å². The van der Waals surface area contributed by atoms with Gasteiger partial charge in [0, 0.05) is 12.8 Å². The number of hydrogen-bond donors (Lipinski definition) is 0. The van der Waals surface area contributed by atoms with Crippen LogP contribution in [0.4, 0.5) is 0 Å². The molecule has 1 heteroatoms. The molecule has 0 unspecified atom stereocenters. The quantitative estimate of drug-likeness (QED) is 0.521. The van der Waals surface area contributed by atoms with E-state index in [1.54, 1.807) is 0 Å². The fourth-order valence-corrected chi connectivity index (χ4v) is 0.498. The lowest BCUT2D eigenvalue weighted by Crippen LogP contribution is -1.98. The van der Waals surface area contributed by atoms with Crippen LogP contribution in [-0.4, -0.2) is 12.8 Å². The Hall–Kier alpha value is -0.590. The monoisotopic (exact) mass is 139 g/mol. The van der Waals surface area contributed by atoms with Crippen LogP contribution in [0.25, 0.3) is 0 Å². The Labute approximate surface area is 63.9 Å². The molecular weight excluding hydrogens is 122 g/mol. The average molecular weight is 139 g/mol. The summed E-state index contributed by atoms with van der Waals surface area (Å²) in [6, 6.07) is 0. The van der Waals surface area contributed by atoms with Crippen LogP contribution in [-0.2, 0) is 0 Å². The van der Waals surface area contributed by atoms with Gasteiger partial charge in [-0.05, 0) is 18.4 Å². The van der Waals surface area contributed by atoms with Gasteiger partial charge in [-0.2, -0.15) is 0 Å². The Bertz CT molecular complexity index is 126. The van der Waals surface area contributed by atoms with Gasteiger partial charge in [0.1, 0.15) is 0 Å². The zero-order valence-electron chi connectivity index (χ0n) is 7.39. The lowest BCUT2D eigenvalue weighted by Gasteiger charge is -2.09. The van der Waals surface area contributed by atoms with Gasteiger partial charge in [-0.15, -0.1) is 0 Å². The second-order valence-electron chi connectivity index (χ2n) is 3.37. The molecule has 0 heterocycles. The summed E-state index contributed by atoms with van der Waals surface area (Å²) in [5.74, 6) is 0. The highest BCUT2D eigenvalue weighted by atomic mass is 14.7. The molecule has 0 aliphatic heterocycles. The number of aliphatic imine (C=N–C) groups is 1. The highest BCUT2D eigenvalue weighted by Gasteiger charge is 2.01. The predicted octanol–water partition coefficient (Wildman–Crippen LogP) is 2.68. The van der Waals surface area contributed by atoms with Crippen molar-refractivity contribution in [2.45, 2.75) is 27.7 Å². The summed E-state index contributed by atoms with van der Waals surface area (Å²) in [6.45, 7) is 9.41. The van der Waals surface area contributed by atoms with E-state index in [9.17, 15) is 0 Å². The van der Waals surface area contributed by atoms with Crippen LogP contribution in [0.15, 0.2) is 17.1 Å². The Morgan fingerprint density at radius 2 is 1.90 bits per heavy atom. The number of rotatable bonds is 2. The molecule has 0 aliphatic carbocycles. The van der Waals surface area contributed by atoms with Gasteiger partial charge in [0.15, 0.2) is 0 Å². The molecule has 0 amide bonds. The zero-order chi connectivity index (χ0) is 8.04. The normalized spacial score (nSPS) is 13.6. The molecule has 0 spiro atoms. The summed E-state index contributed by atoms with van der Waals surface area (Å²) in [5.41, 5.74) is 0.278. The largest absolute Gasteiger partial charge is 0.293 e. The van der Waals surface area contributed by atoms with Crippen molar-refractivity contribution in [3.63, 3.8) is 0 Å². The molecule has 0 aromatic carbocycles. The van der Waals surface area contributed by atoms with Crippen LogP contribution in [0.1, 0.15) is 27.7 Å². The van der Waals surface area contributed by atoms with Crippen molar-refractivity contribution in [1.29, 1.82) is 0 Å². The van der Waals surface area contributed by atoms with Gasteiger partial charge in [-0.3, -0.25) is 4.99 Å². The van der Waals surface area contributed by atoms with Crippen LogP contribution < -0.4 is 0 Å². The first kappa shape index (κ1) is 9.41. The Balaban J connectivity index is 3.66. The molecule has 0 atom stereocenters. The fraction of sp³-hybridized carbons (Fsp3) is 0.667. The van der Waals surface area contributed by atoms with Gasteiger partial charge in [0.25, 0.3) is 0 Å². The molecule has 0 saturated heterocycles. The Kier molecular flexibility index (Phi) is 4.01. The topological polar surface area (TPSA) is 12.4 Å². The molecule has 0 aromatic heterocycles. The molecule has 0 bridgehead atoms. The molecular formula is C9H17N. The van der Waals surface area contributed by atoms with Crippen LogP contribution in [0.3, 0.4) is 0 Å². The first-order chi connectivity index (χ1) is 4.56. The fourth-order valence-electron chi connectivity index (χ4n) is 0.498. The molecule has 0 radical (unpaired) electrons. The average Bonchev–Trinajstić information content (AvgIpc) is 1.78. The minimum absolute atomic E-state index is 0.278. The summed E-state index contributed by atoms with van der Waals surface area (Å²) >= 11 is 0. The molecule has 10 heavy (non-hydrogen) atoms. The van der Waals surface area contributed by atoms with Gasteiger partial charge in [0.05, 0.1) is 0 Å². The van der Waals surface area contributed by atoms with Gasteiger partial charge in [-0.25, -0.2) is 0 Å². The molecule has 58 valence electrons. The molecule has 0 rings (SSSR count). The van der Waals surface area contributed by atoms with Crippen LogP contribution in [0, 0.1) is 5.41 Å². The number of nitrogens with zero attached hydrogens (tertiary/aromatic N) is 1. The maximum Gasteiger partial charge on any atom is 0.0360 e. The Morgan fingerprint density at radius 3 is 2.30 bits per heavy atom. The highest BCUT2D eigenvalue weighted by molar-refractivity contribution is 5.71. The lowest BCUT2D eigenvalue weighted by molar-refractivity contribution is 0.545. The van der Waals surface area contributed by atoms with Gasteiger partial charge >= 0.3 is 0 Å². The van der Waals surface area contributed by atoms with Gasteiger partial charge < -0.3 is 0 Å². The minimum atomic E-state index is 0.278. The SMILES string of the molecule is CC/N=C\C=C/C(C)(C)C. The maximum absolute atomic E-state index is 4.06. The summed E-state index contributed by atoms with van der Waals surface area (Å²) < 4.78 is 0. The smallest absolute Gasteiger partial charge is 0.0360 e. The second-order valence-corrected chi connectivity index (χ2v) is 3.37. The second kappa shape index (κ2) is 4.26. The summed E-state index contributed by atoms with van der Waals surface area (Å²) in [7, 11) is 0. The van der Waals surface area contributed by atoms with Gasteiger partial charge in [0.2, 0.25) is 0 Å². The van der Waals surface area contributed by atoms with Crippen LogP contribution in [0.2, 0.25) is 0 Å². The first-order valence-electron chi connectivity index (χ1n) is 3.74. The van der Waals surface area contributed by atoms with E-state index in [0.717, 1.165) is 6.54 Å². The molecule has 1 nitrogen and oxygen atoms in total. The molecule has 0 aliphatic rings. The highest BCUT2D eigenvalue weighted by Crippen LogP contribution is 2.13.